The Morgan fingerprint density at radius 3 is 2.45 bits per heavy atom. The third kappa shape index (κ3) is 5.49. The molecule has 0 bridgehead atoms. The Morgan fingerprint density at radius 2 is 1.77 bits per heavy atom. The monoisotopic (exact) mass is 417 g/mol. The van der Waals surface area contributed by atoms with Crippen molar-refractivity contribution >= 4 is 17.5 Å². The zero-order valence-electron chi connectivity index (χ0n) is 18.0. The minimum absolute atomic E-state index is 0.177. The summed E-state index contributed by atoms with van der Waals surface area (Å²) < 4.78 is 5.41. The molecule has 0 fully saturated rings. The van der Waals surface area contributed by atoms with E-state index < -0.39 is 11.9 Å². The van der Waals surface area contributed by atoms with Crippen molar-refractivity contribution in [3.8, 4) is 5.75 Å². The number of rotatable bonds is 8. The summed E-state index contributed by atoms with van der Waals surface area (Å²) in [5.74, 6) is -0.0559. The van der Waals surface area contributed by atoms with Crippen LogP contribution in [0.15, 0.2) is 72.8 Å². The van der Waals surface area contributed by atoms with E-state index in [-0.39, 0.29) is 5.91 Å². The van der Waals surface area contributed by atoms with Crippen LogP contribution in [0.4, 0.5) is 5.69 Å². The number of aryl methyl sites for hydroxylation is 1. The molecule has 0 aliphatic carbocycles. The van der Waals surface area contributed by atoms with Crippen LogP contribution in [0.3, 0.4) is 0 Å². The van der Waals surface area contributed by atoms with Crippen LogP contribution in [0, 0.1) is 6.92 Å². The summed E-state index contributed by atoms with van der Waals surface area (Å²) >= 11 is 0. The largest absolute Gasteiger partial charge is 0.495 e. The van der Waals surface area contributed by atoms with Crippen LogP contribution in [0.1, 0.15) is 33.1 Å². The molecule has 31 heavy (non-hydrogen) atoms. The number of nitrogens with two attached hydrogens (primary N) is 1. The molecule has 6 heteroatoms. The number of hydrogen-bond donors (Lipinski definition) is 2. The van der Waals surface area contributed by atoms with Gasteiger partial charge in [-0.2, -0.15) is 0 Å². The molecule has 3 N–H and O–H groups in total. The van der Waals surface area contributed by atoms with Crippen LogP contribution in [-0.2, 0) is 11.3 Å². The molecule has 3 aromatic carbocycles. The lowest BCUT2D eigenvalue weighted by atomic mass is 10.0. The topological polar surface area (TPSA) is 84.7 Å². The number of anilines is 1. The highest BCUT2D eigenvalue weighted by molar-refractivity contribution is 5.97. The summed E-state index contributed by atoms with van der Waals surface area (Å²) in [5.41, 5.74) is 9.24. The van der Waals surface area contributed by atoms with Gasteiger partial charge in [-0.15, -0.1) is 0 Å². The first-order valence-corrected chi connectivity index (χ1v) is 9.98. The summed E-state index contributed by atoms with van der Waals surface area (Å²) in [4.78, 5) is 26.9. The van der Waals surface area contributed by atoms with E-state index >= 15 is 0 Å². The molecular formula is C25H27N3O3. The molecule has 0 aromatic heterocycles. The Bertz CT molecular complexity index is 1070. The minimum atomic E-state index is -0.552. The van der Waals surface area contributed by atoms with E-state index in [9.17, 15) is 9.59 Å². The minimum Gasteiger partial charge on any atom is -0.495 e. The molecule has 0 spiro atoms. The van der Waals surface area contributed by atoms with Gasteiger partial charge in [0.2, 0.25) is 11.8 Å². The Hall–Kier alpha value is -3.64. The predicted molar refractivity (Wildman–Crippen MR) is 122 cm³/mol. The molecule has 160 valence electrons. The molecular weight excluding hydrogens is 390 g/mol. The maximum Gasteiger partial charge on any atom is 0.248 e. The first kappa shape index (κ1) is 22.1. The predicted octanol–water partition coefficient (Wildman–Crippen LogP) is 3.91. The zero-order valence-corrected chi connectivity index (χ0v) is 18.0. The Labute approximate surface area is 182 Å². The summed E-state index contributed by atoms with van der Waals surface area (Å²) in [7, 11) is 3.45. The maximum absolute atomic E-state index is 13.4. The highest BCUT2D eigenvalue weighted by atomic mass is 16.5. The lowest BCUT2D eigenvalue weighted by Crippen LogP contribution is -2.34. The van der Waals surface area contributed by atoms with Crippen molar-refractivity contribution in [1.29, 1.82) is 0 Å². The summed E-state index contributed by atoms with van der Waals surface area (Å²) in [6, 6.07) is 21.8. The SMILES string of the molecule is COc1ccc(C)cc1NC(=O)[C@H](c1ccccc1)N(C)Cc1cccc(C(N)=O)c1. The van der Waals surface area contributed by atoms with E-state index in [0.717, 1.165) is 16.7 Å². The van der Waals surface area contributed by atoms with Crippen molar-refractivity contribution in [3.05, 3.63) is 95.1 Å². The smallest absolute Gasteiger partial charge is 0.248 e. The number of methoxy groups -OCH3 is 1. The number of carbonyl (C=O) groups is 2. The van der Waals surface area contributed by atoms with E-state index in [4.69, 9.17) is 10.5 Å². The van der Waals surface area contributed by atoms with Gasteiger partial charge >= 0.3 is 0 Å². The highest BCUT2D eigenvalue weighted by Gasteiger charge is 2.26. The van der Waals surface area contributed by atoms with Crippen LogP contribution in [0.5, 0.6) is 5.75 Å². The maximum atomic E-state index is 13.4. The van der Waals surface area contributed by atoms with Crippen LogP contribution >= 0.6 is 0 Å². The number of hydrogen-bond acceptors (Lipinski definition) is 4. The molecule has 3 rings (SSSR count). The van der Waals surface area contributed by atoms with Gasteiger partial charge in [-0.3, -0.25) is 14.5 Å². The third-order valence-corrected chi connectivity index (χ3v) is 5.06. The third-order valence-electron chi connectivity index (χ3n) is 5.06. The second-order valence-electron chi connectivity index (χ2n) is 7.49. The molecule has 6 nitrogen and oxygen atoms in total. The normalized spacial score (nSPS) is 11.7. The molecule has 2 amide bonds. The van der Waals surface area contributed by atoms with Crippen LogP contribution in [0.2, 0.25) is 0 Å². The van der Waals surface area contributed by atoms with Gasteiger partial charge in [0.05, 0.1) is 12.8 Å². The lowest BCUT2D eigenvalue weighted by Gasteiger charge is -2.28. The number of ether oxygens (including phenoxy) is 1. The zero-order chi connectivity index (χ0) is 22.4. The van der Waals surface area contributed by atoms with Crippen molar-refractivity contribution in [1.82, 2.24) is 4.90 Å². The molecule has 0 radical (unpaired) electrons. The fourth-order valence-corrected chi connectivity index (χ4v) is 3.56. The quantitative estimate of drug-likeness (QED) is 0.582. The van der Waals surface area contributed by atoms with Gasteiger partial charge in [-0.1, -0.05) is 48.5 Å². The molecule has 0 unspecified atom stereocenters. The van der Waals surface area contributed by atoms with Crippen molar-refractivity contribution in [3.63, 3.8) is 0 Å². The number of nitrogens with zero attached hydrogens (tertiary/aromatic N) is 1. The molecule has 0 aliphatic heterocycles. The van der Waals surface area contributed by atoms with Crippen molar-refractivity contribution in [2.75, 3.05) is 19.5 Å². The lowest BCUT2D eigenvalue weighted by molar-refractivity contribution is -0.121. The van der Waals surface area contributed by atoms with Gasteiger partial charge in [0.1, 0.15) is 11.8 Å². The van der Waals surface area contributed by atoms with Gasteiger partial charge in [0, 0.05) is 12.1 Å². The van der Waals surface area contributed by atoms with E-state index in [1.54, 1.807) is 25.3 Å². The van der Waals surface area contributed by atoms with E-state index in [2.05, 4.69) is 5.32 Å². The Morgan fingerprint density at radius 1 is 1.03 bits per heavy atom. The average molecular weight is 418 g/mol. The first-order valence-electron chi connectivity index (χ1n) is 9.98. The number of nitrogens with one attached hydrogen (secondary N) is 1. The summed E-state index contributed by atoms with van der Waals surface area (Å²) in [6.07, 6.45) is 0. The van der Waals surface area contributed by atoms with Gasteiger partial charge < -0.3 is 15.8 Å². The van der Waals surface area contributed by atoms with E-state index in [1.807, 2.05) is 73.5 Å². The van der Waals surface area contributed by atoms with Gasteiger partial charge in [-0.05, 0) is 54.9 Å². The van der Waals surface area contributed by atoms with E-state index in [1.165, 1.54) is 0 Å². The van der Waals surface area contributed by atoms with E-state index in [0.29, 0.717) is 23.5 Å². The number of benzene rings is 3. The Kier molecular flexibility index (Phi) is 7.05. The summed E-state index contributed by atoms with van der Waals surface area (Å²) in [5, 5.41) is 3.02. The van der Waals surface area contributed by atoms with Crippen molar-refractivity contribution in [2.45, 2.75) is 19.5 Å². The molecule has 0 saturated carbocycles. The first-order chi connectivity index (χ1) is 14.9. The molecule has 0 heterocycles. The second-order valence-corrected chi connectivity index (χ2v) is 7.49. The fraction of sp³-hybridized carbons (Fsp3) is 0.200. The molecule has 0 saturated heterocycles. The standard InChI is InChI=1S/C25H27N3O3/c1-17-12-13-22(31-3)21(14-17)27-25(30)23(19-9-5-4-6-10-19)28(2)16-18-8-7-11-20(15-18)24(26)29/h4-15,23H,16H2,1-3H3,(H2,26,29)(H,27,30)/t23-/m0/s1. The Balaban J connectivity index is 1.90. The highest BCUT2D eigenvalue weighted by Crippen LogP contribution is 2.29. The van der Waals surface area contributed by atoms with Gasteiger partial charge in [-0.25, -0.2) is 0 Å². The second kappa shape index (κ2) is 9.91. The van der Waals surface area contributed by atoms with Crippen LogP contribution < -0.4 is 15.8 Å². The molecule has 0 aliphatic rings. The van der Waals surface area contributed by atoms with Gasteiger partial charge in [0.15, 0.2) is 0 Å². The summed E-state index contributed by atoms with van der Waals surface area (Å²) in [6.45, 7) is 2.42. The average Bonchev–Trinajstić information content (AvgIpc) is 2.75. The number of carbonyl (C=O) groups excluding carboxylic acids is 2. The number of amides is 2. The molecule has 1 atom stereocenters. The molecule has 3 aromatic rings. The van der Waals surface area contributed by atoms with Crippen LogP contribution in [0.25, 0.3) is 0 Å². The number of primary amides is 1. The van der Waals surface area contributed by atoms with Crippen molar-refractivity contribution < 1.29 is 14.3 Å². The fourth-order valence-electron chi connectivity index (χ4n) is 3.56. The van der Waals surface area contributed by atoms with Gasteiger partial charge in [0.25, 0.3) is 0 Å². The number of likely N-dealkylation sites (N-methyl/N-ethyl adjacent to an activating group) is 1. The van der Waals surface area contributed by atoms with Crippen molar-refractivity contribution in [2.24, 2.45) is 5.73 Å². The van der Waals surface area contributed by atoms with Crippen LogP contribution in [-0.4, -0.2) is 30.9 Å².